The molecule has 1 aromatic heterocycles. The van der Waals surface area contributed by atoms with Gasteiger partial charge in [0.1, 0.15) is 0 Å². The first kappa shape index (κ1) is 10.2. The van der Waals surface area contributed by atoms with E-state index in [-0.39, 0.29) is 5.69 Å². The van der Waals surface area contributed by atoms with Crippen LogP contribution in [-0.4, -0.2) is 27.6 Å². The van der Waals surface area contributed by atoms with Gasteiger partial charge in [-0.3, -0.25) is 0 Å². The Morgan fingerprint density at radius 3 is 3.00 bits per heavy atom. The fourth-order valence-corrected chi connectivity index (χ4v) is 0.793. The SMILES string of the molecule is C=C(C)CNc1nccc(C(=O)O)n1. The first-order valence-electron chi connectivity index (χ1n) is 4.04. The van der Waals surface area contributed by atoms with Gasteiger partial charge < -0.3 is 10.4 Å². The monoisotopic (exact) mass is 193 g/mol. The minimum absolute atomic E-state index is 0.0239. The molecule has 5 heteroatoms. The molecule has 0 saturated heterocycles. The van der Waals surface area contributed by atoms with Crippen LogP contribution >= 0.6 is 0 Å². The maximum absolute atomic E-state index is 10.6. The van der Waals surface area contributed by atoms with Gasteiger partial charge in [-0.1, -0.05) is 12.2 Å². The summed E-state index contributed by atoms with van der Waals surface area (Å²) in [5.41, 5.74) is 0.901. The molecule has 74 valence electrons. The zero-order chi connectivity index (χ0) is 10.6. The first-order valence-corrected chi connectivity index (χ1v) is 4.04. The van der Waals surface area contributed by atoms with Gasteiger partial charge in [0.2, 0.25) is 5.95 Å². The molecule has 1 heterocycles. The third-order valence-corrected chi connectivity index (χ3v) is 1.42. The van der Waals surface area contributed by atoms with Crippen molar-refractivity contribution in [3.05, 3.63) is 30.1 Å². The molecule has 2 N–H and O–H groups in total. The minimum atomic E-state index is -1.06. The molecule has 0 atom stereocenters. The molecule has 0 aliphatic rings. The third kappa shape index (κ3) is 2.85. The van der Waals surface area contributed by atoms with Crippen LogP contribution in [-0.2, 0) is 0 Å². The molecule has 0 aromatic carbocycles. The molecule has 1 aromatic rings. The molecular weight excluding hydrogens is 182 g/mol. The third-order valence-electron chi connectivity index (χ3n) is 1.42. The molecule has 0 saturated carbocycles. The van der Waals surface area contributed by atoms with Crippen molar-refractivity contribution in [3.8, 4) is 0 Å². The topological polar surface area (TPSA) is 75.1 Å². The number of nitrogens with one attached hydrogen (secondary N) is 1. The van der Waals surface area contributed by atoms with Crippen LogP contribution in [0.5, 0.6) is 0 Å². The Hall–Kier alpha value is -1.91. The van der Waals surface area contributed by atoms with E-state index in [1.54, 1.807) is 0 Å². The van der Waals surface area contributed by atoms with Gasteiger partial charge >= 0.3 is 5.97 Å². The second-order valence-electron chi connectivity index (χ2n) is 2.88. The van der Waals surface area contributed by atoms with E-state index in [2.05, 4.69) is 21.9 Å². The summed E-state index contributed by atoms with van der Waals surface area (Å²) in [6.45, 7) is 6.08. The Morgan fingerprint density at radius 1 is 1.71 bits per heavy atom. The summed E-state index contributed by atoms with van der Waals surface area (Å²) < 4.78 is 0. The Balaban J connectivity index is 2.73. The number of nitrogens with zero attached hydrogens (tertiary/aromatic N) is 2. The second kappa shape index (κ2) is 4.36. The van der Waals surface area contributed by atoms with Gasteiger partial charge in [-0.25, -0.2) is 14.8 Å². The second-order valence-corrected chi connectivity index (χ2v) is 2.88. The molecule has 1 rings (SSSR count). The van der Waals surface area contributed by atoms with Crippen LogP contribution in [0.2, 0.25) is 0 Å². The molecular formula is C9H11N3O2. The van der Waals surface area contributed by atoms with E-state index in [1.807, 2.05) is 6.92 Å². The van der Waals surface area contributed by atoms with Gasteiger partial charge in [0.15, 0.2) is 5.69 Å². The summed E-state index contributed by atoms with van der Waals surface area (Å²) in [5, 5.41) is 11.5. The van der Waals surface area contributed by atoms with E-state index in [0.717, 1.165) is 5.57 Å². The molecule has 0 aliphatic carbocycles. The van der Waals surface area contributed by atoms with E-state index in [9.17, 15) is 4.79 Å². The lowest BCUT2D eigenvalue weighted by atomic mass is 10.3. The van der Waals surface area contributed by atoms with E-state index >= 15 is 0 Å². The standard InChI is InChI=1S/C9H11N3O2/c1-6(2)5-11-9-10-4-3-7(12-9)8(13)14/h3-4H,1,5H2,2H3,(H,13,14)(H,10,11,12). The normalized spacial score (nSPS) is 9.50. The molecule has 0 bridgehead atoms. The average Bonchev–Trinajstić information content (AvgIpc) is 2.15. The van der Waals surface area contributed by atoms with Gasteiger partial charge in [-0.15, -0.1) is 0 Å². The smallest absolute Gasteiger partial charge is 0.354 e. The van der Waals surface area contributed by atoms with Crippen LogP contribution in [0.1, 0.15) is 17.4 Å². The van der Waals surface area contributed by atoms with Crippen molar-refractivity contribution in [3.63, 3.8) is 0 Å². The Bertz CT molecular complexity index is 363. The summed E-state index contributed by atoms with van der Waals surface area (Å²) in [6.07, 6.45) is 1.40. The number of carboxylic acid groups (broad SMARTS) is 1. The van der Waals surface area contributed by atoms with Gasteiger partial charge in [0.25, 0.3) is 0 Å². The molecule has 0 fully saturated rings. The zero-order valence-corrected chi connectivity index (χ0v) is 7.82. The molecule has 0 spiro atoms. The maximum atomic E-state index is 10.6. The van der Waals surface area contributed by atoms with Gasteiger partial charge in [-0.05, 0) is 13.0 Å². The zero-order valence-electron chi connectivity index (χ0n) is 7.82. The molecule has 0 aliphatic heterocycles. The van der Waals surface area contributed by atoms with E-state index in [4.69, 9.17) is 5.11 Å². The van der Waals surface area contributed by atoms with Crippen LogP contribution in [0.15, 0.2) is 24.4 Å². The highest BCUT2D eigenvalue weighted by Crippen LogP contribution is 2.00. The van der Waals surface area contributed by atoms with Crippen molar-refractivity contribution in [1.82, 2.24) is 9.97 Å². The van der Waals surface area contributed by atoms with Crippen molar-refractivity contribution in [2.45, 2.75) is 6.92 Å². The Kier molecular flexibility index (Phi) is 3.17. The predicted molar refractivity (Wildman–Crippen MR) is 52.3 cm³/mol. The maximum Gasteiger partial charge on any atom is 0.354 e. The fourth-order valence-electron chi connectivity index (χ4n) is 0.793. The quantitative estimate of drug-likeness (QED) is 0.702. The lowest BCUT2D eigenvalue weighted by molar-refractivity contribution is 0.0690. The largest absolute Gasteiger partial charge is 0.477 e. The highest BCUT2D eigenvalue weighted by molar-refractivity contribution is 5.85. The van der Waals surface area contributed by atoms with Gasteiger partial charge in [-0.2, -0.15) is 0 Å². The Morgan fingerprint density at radius 2 is 2.43 bits per heavy atom. The minimum Gasteiger partial charge on any atom is -0.477 e. The van der Waals surface area contributed by atoms with Crippen molar-refractivity contribution in [1.29, 1.82) is 0 Å². The Labute approximate surface area is 81.5 Å². The van der Waals surface area contributed by atoms with Crippen LogP contribution in [0.3, 0.4) is 0 Å². The van der Waals surface area contributed by atoms with Crippen LogP contribution in [0, 0.1) is 0 Å². The molecule has 0 amide bonds. The molecule has 5 nitrogen and oxygen atoms in total. The van der Waals surface area contributed by atoms with E-state index in [0.29, 0.717) is 12.5 Å². The summed E-state index contributed by atoms with van der Waals surface area (Å²) in [7, 11) is 0. The van der Waals surface area contributed by atoms with Crippen molar-refractivity contribution in [2.24, 2.45) is 0 Å². The van der Waals surface area contributed by atoms with Crippen LogP contribution in [0.25, 0.3) is 0 Å². The first-order chi connectivity index (χ1) is 6.59. The summed E-state index contributed by atoms with van der Waals surface area (Å²) >= 11 is 0. The summed E-state index contributed by atoms with van der Waals surface area (Å²) in [5.74, 6) is -0.765. The van der Waals surface area contributed by atoms with Gasteiger partial charge in [0.05, 0.1) is 0 Å². The number of anilines is 1. The molecule has 0 radical (unpaired) electrons. The number of aromatic carboxylic acids is 1. The lowest BCUT2D eigenvalue weighted by Crippen LogP contribution is -2.09. The number of hydrogen-bond acceptors (Lipinski definition) is 4. The molecule has 14 heavy (non-hydrogen) atoms. The van der Waals surface area contributed by atoms with E-state index < -0.39 is 5.97 Å². The van der Waals surface area contributed by atoms with Crippen molar-refractivity contribution >= 4 is 11.9 Å². The average molecular weight is 193 g/mol. The summed E-state index contributed by atoms with van der Waals surface area (Å²) in [6, 6.07) is 1.34. The number of rotatable bonds is 4. The number of aromatic nitrogens is 2. The number of hydrogen-bond donors (Lipinski definition) is 2. The van der Waals surface area contributed by atoms with Crippen LogP contribution in [0.4, 0.5) is 5.95 Å². The highest BCUT2D eigenvalue weighted by atomic mass is 16.4. The van der Waals surface area contributed by atoms with Crippen LogP contribution < -0.4 is 5.32 Å². The fraction of sp³-hybridized carbons (Fsp3) is 0.222. The number of carboxylic acids is 1. The van der Waals surface area contributed by atoms with Crippen molar-refractivity contribution in [2.75, 3.05) is 11.9 Å². The van der Waals surface area contributed by atoms with Gasteiger partial charge in [0, 0.05) is 12.7 Å². The van der Waals surface area contributed by atoms with Crippen molar-refractivity contribution < 1.29 is 9.90 Å². The predicted octanol–water partition coefficient (Wildman–Crippen LogP) is 1.16. The van der Waals surface area contributed by atoms with E-state index in [1.165, 1.54) is 12.3 Å². The summed E-state index contributed by atoms with van der Waals surface area (Å²) in [4.78, 5) is 18.2. The molecule has 0 unspecified atom stereocenters. The lowest BCUT2D eigenvalue weighted by Gasteiger charge is -2.03. The highest BCUT2D eigenvalue weighted by Gasteiger charge is 2.05. The number of carbonyl (C=O) groups is 1.